The van der Waals surface area contributed by atoms with Crippen LogP contribution in [0.3, 0.4) is 0 Å². The molecule has 4 aromatic heterocycles. The number of hydrogen-bond acceptors (Lipinski definition) is 21. The van der Waals surface area contributed by atoms with E-state index in [0.717, 1.165) is 39.2 Å². The molecular weight excluding hydrogens is 1550 g/mol. The molecule has 12 rings (SSSR count). The van der Waals surface area contributed by atoms with Crippen molar-refractivity contribution in [3.63, 3.8) is 0 Å². The molecule has 4 heterocycles. The predicted molar refractivity (Wildman–Crippen MR) is 456 cm³/mol. The number of aromatic hydroxyl groups is 1. The summed E-state index contributed by atoms with van der Waals surface area (Å²) in [6, 6.07) is 65.1. The van der Waals surface area contributed by atoms with Crippen LogP contribution in [0.5, 0.6) is 17.4 Å². The van der Waals surface area contributed by atoms with Gasteiger partial charge in [-0.05, 0) is 162 Å². The second-order valence-electron chi connectivity index (χ2n) is 27.0. The van der Waals surface area contributed by atoms with E-state index in [-0.39, 0.29) is 90.7 Å². The fourth-order valence-corrected chi connectivity index (χ4v) is 15.1. The number of nitrogen functional groups attached to an aromatic ring is 1. The third-order valence-corrected chi connectivity index (χ3v) is 22.5. The molecule has 0 amide bonds. The first-order chi connectivity index (χ1) is 56.6. The van der Waals surface area contributed by atoms with Crippen molar-refractivity contribution < 1.29 is 47.0 Å². The fourth-order valence-electron chi connectivity index (χ4n) is 12.2. The number of hydrogen-bond donors (Lipinski definition) is 9. The van der Waals surface area contributed by atoms with Crippen LogP contribution >= 0.6 is 15.2 Å². The number of phenols is 1. The smallest absolute Gasteiger partial charge is 0.333 e. The molecule has 0 saturated carbocycles. The standard InChI is InChI=1S/C30H34N3O6P.C30H32N3O6P.C14H17N3O2.C13H14N2O4/c2*1-3-33-27(22(2)29(35)32-30(33)36)28(34)25-14-16-26(17-15-25)31-18-19-40(37,38-20-23-10-6-4-7-11-23)39-21-24-12-8-5-9-13-24;1-3-17-12(9(2)13(18)16-14(17)19)8-10-4-6-11(15)7-5-10;1-3-15-12(8(2)11(17)14-13(15)18)19-10-6-4-9(16)5-7-10/h4-17,28,31,34H,3,18-21H2,1-2H3,(H,32,35,36);4-17,31H,3,18-21H2,1-2H3,(H,32,35,36);4-7H,3,8,15H2,1-2H3,(H,16,18,19);4-7,16H,3H2,1-2H3,(H,14,17,18). The molecule has 1 atom stereocenters. The summed E-state index contributed by atoms with van der Waals surface area (Å²) < 4.78 is 61.7. The second-order valence-corrected chi connectivity index (χ2v) is 31.4. The molecule has 0 saturated heterocycles. The number of nitrogens with two attached hydrogens (primary N) is 1. The molecular formula is C87H97N11O18P2. The Labute approximate surface area is 679 Å². The maximum Gasteiger partial charge on any atom is 0.333 e. The molecule has 0 aliphatic carbocycles. The van der Waals surface area contributed by atoms with E-state index in [0.29, 0.717) is 78.5 Å². The number of aromatic nitrogens is 8. The van der Waals surface area contributed by atoms with Gasteiger partial charge in [0.25, 0.3) is 22.2 Å². The predicted octanol–water partition coefficient (Wildman–Crippen LogP) is 12.5. The third kappa shape index (κ3) is 24.7. The van der Waals surface area contributed by atoms with Gasteiger partial charge in [0, 0.05) is 90.7 Å². The molecule has 10 N–H and O–H groups in total. The summed E-state index contributed by atoms with van der Waals surface area (Å²) in [5.74, 6) is 0.347. The van der Waals surface area contributed by atoms with Gasteiger partial charge in [0.05, 0.1) is 50.0 Å². The molecule has 8 aromatic carbocycles. The number of anilines is 3. The molecule has 0 spiro atoms. The first kappa shape index (κ1) is 89.3. The van der Waals surface area contributed by atoms with Gasteiger partial charge in [-0.2, -0.15) is 0 Å². The second kappa shape index (κ2) is 42.9. The number of aliphatic hydroxyl groups excluding tert-OH is 1. The van der Waals surface area contributed by atoms with Crippen LogP contribution in [-0.2, 0) is 86.3 Å². The zero-order chi connectivity index (χ0) is 85.1. The molecule has 29 nitrogen and oxygen atoms in total. The van der Waals surface area contributed by atoms with Crippen molar-refractivity contribution in [2.75, 3.05) is 41.8 Å². The summed E-state index contributed by atoms with van der Waals surface area (Å²) >= 11 is 0. The van der Waals surface area contributed by atoms with Crippen molar-refractivity contribution in [2.24, 2.45) is 0 Å². The Bertz CT molecular complexity index is 5740. The van der Waals surface area contributed by atoms with Crippen LogP contribution in [0, 0.1) is 27.7 Å². The Balaban J connectivity index is 0.000000190. The minimum absolute atomic E-state index is 0.0732. The van der Waals surface area contributed by atoms with Crippen molar-refractivity contribution >= 4 is 38.0 Å². The number of nitrogens with zero attached hydrogens (tertiary/aromatic N) is 4. The van der Waals surface area contributed by atoms with Gasteiger partial charge in [0.15, 0.2) is 0 Å². The first-order valence-electron chi connectivity index (χ1n) is 38.1. The van der Waals surface area contributed by atoms with Crippen LogP contribution < -0.4 is 66.1 Å². The minimum Gasteiger partial charge on any atom is -0.508 e. The molecule has 0 aliphatic heterocycles. The third-order valence-electron chi connectivity index (χ3n) is 18.9. The van der Waals surface area contributed by atoms with Gasteiger partial charge in [0.2, 0.25) is 11.7 Å². The van der Waals surface area contributed by atoms with Crippen molar-refractivity contribution in [3.8, 4) is 17.4 Å². The highest BCUT2D eigenvalue weighted by atomic mass is 31.2. The van der Waals surface area contributed by atoms with E-state index in [1.807, 2.05) is 153 Å². The highest BCUT2D eigenvalue weighted by Crippen LogP contribution is 2.50. The molecule has 12 aromatic rings. The Morgan fingerprint density at radius 1 is 0.432 bits per heavy atom. The molecule has 0 aliphatic rings. The van der Waals surface area contributed by atoms with Gasteiger partial charge >= 0.3 is 38.0 Å². The van der Waals surface area contributed by atoms with Crippen LogP contribution in [-0.4, -0.2) is 79.6 Å². The fraction of sp³-hybridized carbons (Fsp3) is 0.253. The summed E-state index contributed by atoms with van der Waals surface area (Å²) in [6.07, 6.45) is -0.338. The average Bonchev–Trinajstić information content (AvgIpc) is 0.826. The van der Waals surface area contributed by atoms with Gasteiger partial charge < -0.3 is 49.4 Å². The monoisotopic (exact) mass is 1650 g/mol. The zero-order valence-corrected chi connectivity index (χ0v) is 68.5. The van der Waals surface area contributed by atoms with Crippen LogP contribution in [0.15, 0.2) is 257 Å². The number of carbonyl (C=O) groups excluding carboxylic acids is 1. The normalized spacial score (nSPS) is 11.4. The molecule has 118 heavy (non-hydrogen) atoms. The number of aromatic amines is 4. The summed E-state index contributed by atoms with van der Waals surface area (Å²) in [5.41, 5.74) is 11.8. The van der Waals surface area contributed by atoms with E-state index in [9.17, 15) is 62.5 Å². The van der Waals surface area contributed by atoms with E-state index in [1.54, 1.807) is 107 Å². The minimum atomic E-state index is -3.46. The number of ketones is 1. The lowest BCUT2D eigenvalue weighted by Crippen LogP contribution is -2.36. The molecule has 0 radical (unpaired) electrons. The van der Waals surface area contributed by atoms with Gasteiger partial charge in [-0.25, -0.2) is 19.2 Å². The highest BCUT2D eigenvalue weighted by molar-refractivity contribution is 7.54. The maximum absolute atomic E-state index is 13.6. The topological polar surface area (TPSA) is 407 Å². The SMILES string of the molecule is CCn1c(C(=O)c2ccc(NCCP(=O)(OCc3ccccc3)OCc3ccccc3)cc2)c(C)c(=O)[nH]c1=O.CCn1c(C(O)c2ccc(NCCP(=O)(OCc3ccccc3)OCc3ccccc3)cc2)c(C)c(=O)[nH]c1=O.CCn1c(Cc2ccc(N)cc2)c(C)c(=O)[nH]c1=O.CCn1c(Oc2ccc(O)cc2)c(C)c(=O)[nH]c1=O. The van der Waals surface area contributed by atoms with Crippen LogP contribution in [0.4, 0.5) is 17.1 Å². The Kier molecular flexibility index (Phi) is 32.4. The van der Waals surface area contributed by atoms with Gasteiger partial charge in [0.1, 0.15) is 23.3 Å². The Hall–Kier alpha value is -12.6. The number of benzene rings is 8. The van der Waals surface area contributed by atoms with Crippen molar-refractivity contribution in [1.82, 2.24) is 38.2 Å². The zero-order valence-electron chi connectivity index (χ0n) is 66.7. The number of ether oxygens (including phenoxy) is 1. The van der Waals surface area contributed by atoms with Gasteiger partial charge in [-0.3, -0.25) is 71.3 Å². The van der Waals surface area contributed by atoms with Gasteiger partial charge in [-0.1, -0.05) is 146 Å². The van der Waals surface area contributed by atoms with Crippen molar-refractivity contribution in [3.05, 3.63) is 380 Å². The molecule has 0 bridgehead atoms. The summed E-state index contributed by atoms with van der Waals surface area (Å²) in [7, 11) is -6.90. The van der Waals surface area contributed by atoms with Crippen molar-refractivity contribution in [1.29, 1.82) is 0 Å². The molecule has 0 fully saturated rings. The number of H-pyrrole nitrogens is 4. The summed E-state index contributed by atoms with van der Waals surface area (Å²) in [6.45, 7) is 16.3. The van der Waals surface area contributed by atoms with E-state index in [2.05, 4.69) is 30.6 Å². The van der Waals surface area contributed by atoms with E-state index >= 15 is 0 Å². The van der Waals surface area contributed by atoms with E-state index in [1.165, 1.54) is 32.8 Å². The van der Waals surface area contributed by atoms with Crippen LogP contribution in [0.25, 0.3) is 0 Å². The lowest BCUT2D eigenvalue weighted by atomic mass is 10.0. The number of aliphatic hydroxyl groups is 1. The van der Waals surface area contributed by atoms with E-state index in [4.69, 9.17) is 28.6 Å². The average molecular weight is 1650 g/mol. The Morgan fingerprint density at radius 2 is 0.805 bits per heavy atom. The van der Waals surface area contributed by atoms with E-state index < -0.39 is 60.8 Å². The van der Waals surface area contributed by atoms with Crippen LogP contribution in [0.2, 0.25) is 0 Å². The first-order valence-corrected chi connectivity index (χ1v) is 41.6. The van der Waals surface area contributed by atoms with Crippen LogP contribution in [0.1, 0.15) is 117 Å². The highest BCUT2D eigenvalue weighted by Gasteiger charge is 2.28. The lowest BCUT2D eigenvalue weighted by molar-refractivity contribution is 0.102. The summed E-state index contributed by atoms with van der Waals surface area (Å²) in [4.78, 5) is 118. The molecule has 31 heteroatoms. The number of nitrogens with one attached hydrogen (secondary N) is 6. The quantitative estimate of drug-likeness (QED) is 0.0107. The maximum atomic E-state index is 13.6. The summed E-state index contributed by atoms with van der Waals surface area (Å²) in [5, 5.41) is 26.6. The lowest BCUT2D eigenvalue weighted by Gasteiger charge is -2.20. The number of carbonyl (C=O) groups is 1. The van der Waals surface area contributed by atoms with Crippen molar-refractivity contribution in [2.45, 2.75) is 121 Å². The molecule has 618 valence electrons. The molecule has 1 unspecified atom stereocenters. The number of phenolic OH excluding ortho intramolecular Hbond substituents is 1. The largest absolute Gasteiger partial charge is 0.508 e. The van der Waals surface area contributed by atoms with Gasteiger partial charge in [-0.15, -0.1) is 0 Å². The Morgan fingerprint density at radius 3 is 1.23 bits per heavy atom. The number of rotatable bonds is 32.